The number of hydrogen-bond donors (Lipinski definition) is 1. The molecule has 2 rings (SSSR count). The fourth-order valence-electron chi connectivity index (χ4n) is 2.50. The fourth-order valence-corrected chi connectivity index (χ4v) is 3.54. The third kappa shape index (κ3) is 4.48. The highest BCUT2D eigenvalue weighted by Gasteiger charge is 2.17. The molecule has 0 radical (unpaired) electrons. The van der Waals surface area contributed by atoms with Crippen molar-refractivity contribution in [2.45, 2.75) is 44.6 Å². The van der Waals surface area contributed by atoms with E-state index in [0.29, 0.717) is 0 Å². The summed E-state index contributed by atoms with van der Waals surface area (Å²) in [6, 6.07) is 0.814. The molecule has 1 aromatic rings. The van der Waals surface area contributed by atoms with Crippen molar-refractivity contribution in [1.82, 2.24) is 15.1 Å². The van der Waals surface area contributed by atoms with E-state index in [0.717, 1.165) is 34.6 Å². The van der Waals surface area contributed by atoms with Gasteiger partial charge in [0.1, 0.15) is 0 Å². The van der Waals surface area contributed by atoms with Crippen LogP contribution in [0.2, 0.25) is 0 Å². The third-order valence-electron chi connectivity index (χ3n) is 3.56. The molecule has 0 unspecified atom stereocenters. The summed E-state index contributed by atoms with van der Waals surface area (Å²) in [4.78, 5) is 2.52. The normalized spacial score (nSPS) is 17.3. The molecule has 0 bridgehead atoms. The Kier molecular flexibility index (Phi) is 5.85. The van der Waals surface area contributed by atoms with E-state index in [9.17, 15) is 0 Å². The van der Waals surface area contributed by atoms with Crippen LogP contribution in [0, 0.1) is 0 Å². The van der Waals surface area contributed by atoms with Crippen molar-refractivity contribution in [2.24, 2.45) is 0 Å². The topological polar surface area (TPSA) is 41.0 Å². The van der Waals surface area contributed by atoms with Crippen LogP contribution in [0.1, 0.15) is 38.5 Å². The minimum Gasteiger partial charge on any atom is -0.360 e. The van der Waals surface area contributed by atoms with Gasteiger partial charge in [0, 0.05) is 12.6 Å². The highest BCUT2D eigenvalue weighted by atomic mass is 79.9. The molecule has 1 saturated carbocycles. The maximum Gasteiger partial charge on any atom is 0.206 e. The van der Waals surface area contributed by atoms with Gasteiger partial charge < -0.3 is 10.2 Å². The lowest BCUT2D eigenvalue weighted by Crippen LogP contribution is -2.34. The average Bonchev–Trinajstić information content (AvgIpc) is 2.81. The summed E-state index contributed by atoms with van der Waals surface area (Å²) < 4.78 is 0.837. The van der Waals surface area contributed by atoms with Crippen molar-refractivity contribution < 1.29 is 0 Å². The molecule has 18 heavy (non-hydrogen) atoms. The highest BCUT2D eigenvalue weighted by Crippen LogP contribution is 2.22. The summed E-state index contributed by atoms with van der Waals surface area (Å²) in [5, 5.41) is 12.2. The molecule has 0 aromatic carbocycles. The van der Waals surface area contributed by atoms with E-state index in [1.54, 1.807) is 11.3 Å². The predicted octanol–water partition coefficient (Wildman–Crippen LogP) is 3.37. The standard InChI is InChI=1S/C12H21BrN4S/c1-17(10-6-3-2-4-7-10)9-5-8-14-12-16-15-11(13)18-12/h10H,2-9H2,1H3,(H,14,16). The quantitative estimate of drug-likeness (QED) is 0.811. The lowest BCUT2D eigenvalue weighted by atomic mass is 9.94. The van der Waals surface area contributed by atoms with Crippen molar-refractivity contribution in [2.75, 3.05) is 25.5 Å². The minimum absolute atomic E-state index is 0.814. The Morgan fingerprint density at radius 2 is 2.11 bits per heavy atom. The van der Waals surface area contributed by atoms with E-state index in [1.165, 1.54) is 32.1 Å². The molecule has 1 N–H and O–H groups in total. The van der Waals surface area contributed by atoms with Gasteiger partial charge in [-0.2, -0.15) is 0 Å². The first kappa shape index (κ1) is 14.2. The smallest absolute Gasteiger partial charge is 0.206 e. The maximum absolute atomic E-state index is 4.02. The average molecular weight is 333 g/mol. The molecule has 1 fully saturated rings. The van der Waals surface area contributed by atoms with Crippen LogP contribution in [0.4, 0.5) is 5.13 Å². The van der Waals surface area contributed by atoms with Gasteiger partial charge in [-0.3, -0.25) is 0 Å². The van der Waals surface area contributed by atoms with Crippen LogP contribution in [0.15, 0.2) is 3.92 Å². The second-order valence-electron chi connectivity index (χ2n) is 4.91. The summed E-state index contributed by atoms with van der Waals surface area (Å²) in [7, 11) is 2.26. The Hall–Kier alpha value is -0.200. The van der Waals surface area contributed by atoms with Gasteiger partial charge in [0.05, 0.1) is 0 Å². The van der Waals surface area contributed by atoms with Gasteiger partial charge in [0.15, 0.2) is 3.92 Å². The third-order valence-corrected chi connectivity index (χ3v) is 4.88. The zero-order valence-electron chi connectivity index (χ0n) is 10.9. The molecule has 0 aliphatic heterocycles. The lowest BCUT2D eigenvalue weighted by Gasteiger charge is -2.31. The van der Waals surface area contributed by atoms with Crippen molar-refractivity contribution in [3.05, 3.63) is 3.92 Å². The molecule has 1 aliphatic carbocycles. The van der Waals surface area contributed by atoms with E-state index in [2.05, 4.69) is 43.4 Å². The minimum atomic E-state index is 0.814. The SMILES string of the molecule is CN(CCCNc1nnc(Br)s1)C1CCCCC1. The van der Waals surface area contributed by atoms with Gasteiger partial charge in [0.25, 0.3) is 0 Å². The van der Waals surface area contributed by atoms with E-state index in [4.69, 9.17) is 0 Å². The molecule has 0 saturated heterocycles. The Labute approximate surface area is 121 Å². The van der Waals surface area contributed by atoms with E-state index in [1.807, 2.05) is 0 Å². The van der Waals surface area contributed by atoms with Crippen molar-refractivity contribution in [3.8, 4) is 0 Å². The van der Waals surface area contributed by atoms with Crippen LogP contribution < -0.4 is 5.32 Å². The van der Waals surface area contributed by atoms with E-state index in [-0.39, 0.29) is 0 Å². The van der Waals surface area contributed by atoms with Crippen molar-refractivity contribution in [3.63, 3.8) is 0 Å². The number of halogens is 1. The van der Waals surface area contributed by atoms with E-state index >= 15 is 0 Å². The molecular weight excluding hydrogens is 312 g/mol. The number of nitrogens with zero attached hydrogens (tertiary/aromatic N) is 3. The number of aromatic nitrogens is 2. The largest absolute Gasteiger partial charge is 0.360 e. The summed E-state index contributed by atoms with van der Waals surface area (Å²) in [5.74, 6) is 0. The number of anilines is 1. The Morgan fingerprint density at radius 1 is 1.33 bits per heavy atom. The fraction of sp³-hybridized carbons (Fsp3) is 0.833. The monoisotopic (exact) mass is 332 g/mol. The zero-order chi connectivity index (χ0) is 12.8. The second kappa shape index (κ2) is 7.40. The predicted molar refractivity (Wildman–Crippen MR) is 80.2 cm³/mol. The van der Waals surface area contributed by atoms with Gasteiger partial charge >= 0.3 is 0 Å². The van der Waals surface area contributed by atoms with Gasteiger partial charge in [-0.15, -0.1) is 10.2 Å². The molecule has 102 valence electrons. The number of hydrogen-bond acceptors (Lipinski definition) is 5. The van der Waals surface area contributed by atoms with Gasteiger partial charge in [-0.05, 0) is 48.8 Å². The van der Waals surface area contributed by atoms with Crippen LogP contribution in [-0.2, 0) is 0 Å². The first-order valence-corrected chi connectivity index (χ1v) is 8.30. The molecular formula is C12H21BrN4S. The molecule has 0 spiro atoms. The lowest BCUT2D eigenvalue weighted by molar-refractivity contribution is 0.191. The molecule has 4 nitrogen and oxygen atoms in total. The highest BCUT2D eigenvalue weighted by molar-refractivity contribution is 9.11. The summed E-state index contributed by atoms with van der Waals surface area (Å²) >= 11 is 4.86. The van der Waals surface area contributed by atoms with Crippen molar-refractivity contribution >= 4 is 32.4 Å². The first-order valence-electron chi connectivity index (χ1n) is 6.69. The zero-order valence-corrected chi connectivity index (χ0v) is 13.3. The first-order chi connectivity index (χ1) is 8.75. The van der Waals surface area contributed by atoms with E-state index < -0.39 is 0 Å². The van der Waals surface area contributed by atoms with Crippen LogP contribution in [-0.4, -0.2) is 41.3 Å². The molecule has 1 heterocycles. The molecule has 1 aromatic heterocycles. The van der Waals surface area contributed by atoms with Crippen LogP contribution in [0.3, 0.4) is 0 Å². The molecule has 1 aliphatic rings. The maximum atomic E-state index is 4.02. The number of rotatable bonds is 6. The van der Waals surface area contributed by atoms with Crippen LogP contribution >= 0.6 is 27.3 Å². The number of nitrogens with one attached hydrogen (secondary N) is 1. The van der Waals surface area contributed by atoms with Crippen molar-refractivity contribution in [1.29, 1.82) is 0 Å². The van der Waals surface area contributed by atoms with Crippen LogP contribution in [0.25, 0.3) is 0 Å². The van der Waals surface area contributed by atoms with Crippen LogP contribution in [0.5, 0.6) is 0 Å². The Bertz CT molecular complexity index is 352. The summed E-state index contributed by atoms with van der Waals surface area (Å²) in [5.41, 5.74) is 0. The Morgan fingerprint density at radius 3 is 2.78 bits per heavy atom. The Balaban J connectivity index is 1.59. The second-order valence-corrected chi connectivity index (χ2v) is 7.17. The molecule has 6 heteroatoms. The van der Waals surface area contributed by atoms with Gasteiger partial charge in [-0.1, -0.05) is 30.6 Å². The van der Waals surface area contributed by atoms with Gasteiger partial charge in [-0.25, -0.2) is 0 Å². The van der Waals surface area contributed by atoms with Gasteiger partial charge in [0.2, 0.25) is 5.13 Å². The summed E-state index contributed by atoms with van der Waals surface area (Å²) in [6.45, 7) is 2.14. The molecule has 0 amide bonds. The summed E-state index contributed by atoms with van der Waals surface area (Å²) in [6.07, 6.45) is 8.17. The molecule has 0 atom stereocenters.